The van der Waals surface area contributed by atoms with Gasteiger partial charge in [-0.1, -0.05) is 6.92 Å². The molecule has 4 aliphatic carbocycles. The van der Waals surface area contributed by atoms with Crippen molar-refractivity contribution < 1.29 is 23.1 Å². The maximum atomic E-state index is 12.9. The fourth-order valence-electron chi connectivity index (χ4n) is 7.52. The van der Waals surface area contributed by atoms with Crippen molar-refractivity contribution in [3.05, 3.63) is 23.9 Å². The van der Waals surface area contributed by atoms with E-state index >= 15 is 0 Å². The van der Waals surface area contributed by atoms with Crippen LogP contribution in [-0.2, 0) is 11.0 Å². The lowest BCUT2D eigenvalue weighted by atomic mass is 9.48. The van der Waals surface area contributed by atoms with E-state index in [2.05, 4.69) is 28.3 Å². The number of alkyl halides is 3. The molecule has 1 saturated heterocycles. The number of carboxylic acid groups (broad SMARTS) is 1. The third kappa shape index (κ3) is 4.88. The molecule has 0 aromatic carbocycles. The molecule has 5 aliphatic rings. The van der Waals surface area contributed by atoms with E-state index in [-0.39, 0.29) is 23.9 Å². The van der Waals surface area contributed by atoms with Crippen LogP contribution in [0.5, 0.6) is 0 Å². The van der Waals surface area contributed by atoms with Gasteiger partial charge in [-0.15, -0.1) is 0 Å². The number of amidine groups is 1. The number of carbonyl (C=O) groups is 1. The summed E-state index contributed by atoms with van der Waals surface area (Å²) in [5.41, 5.74) is -1.36. The molecule has 0 radical (unpaired) electrons. The van der Waals surface area contributed by atoms with E-state index in [0.717, 1.165) is 37.9 Å². The number of aromatic nitrogens is 1. The number of aliphatic imine (C=N–C) groups is 1. The summed E-state index contributed by atoms with van der Waals surface area (Å²) in [4.78, 5) is 25.5. The smallest absolute Gasteiger partial charge is 0.417 e. The van der Waals surface area contributed by atoms with E-state index in [0.29, 0.717) is 56.6 Å². The van der Waals surface area contributed by atoms with Crippen molar-refractivity contribution in [2.45, 2.75) is 63.7 Å². The highest BCUT2D eigenvalue weighted by Gasteiger charge is 2.59. The number of halogens is 3. The topological polar surface area (TPSA) is 105 Å². The minimum atomic E-state index is -4.41. The lowest BCUT2D eigenvalue weighted by Gasteiger charge is -2.57. The zero-order chi connectivity index (χ0) is 26.4. The fourth-order valence-corrected chi connectivity index (χ4v) is 7.52. The van der Waals surface area contributed by atoms with Crippen molar-refractivity contribution in [2.24, 2.45) is 28.2 Å². The molecule has 200 valence electrons. The van der Waals surface area contributed by atoms with Crippen molar-refractivity contribution >= 4 is 17.6 Å². The molecule has 1 aliphatic heterocycles. The first-order valence-corrected chi connectivity index (χ1v) is 13.1. The van der Waals surface area contributed by atoms with Gasteiger partial charge in [0.1, 0.15) is 11.7 Å². The molecule has 1 aromatic rings. The molecule has 0 spiro atoms. The fraction of sp³-hybridized carbons (Fsp3) is 0.692. The quantitative estimate of drug-likeness (QED) is 0.256. The summed E-state index contributed by atoms with van der Waals surface area (Å²) in [6.07, 6.45) is 3.40. The third-order valence-corrected chi connectivity index (χ3v) is 9.01. The number of hydrogen-bond donors (Lipinski definition) is 2. The van der Waals surface area contributed by atoms with E-state index in [1.807, 2.05) is 4.90 Å². The number of pyridine rings is 1. The lowest BCUT2D eigenvalue weighted by molar-refractivity contribution is -0.166. The second-order valence-electron chi connectivity index (χ2n) is 11.1. The zero-order valence-corrected chi connectivity index (χ0v) is 20.9. The SMILES string of the molecule is CCC(C(=NC1C2CC3CC1CC(C(=O)O)(C3)C2)NC#N)N1CCN(c2ccc(C(F)(F)F)cn2)CC1. The van der Waals surface area contributed by atoms with Gasteiger partial charge in [-0.3, -0.25) is 20.0 Å². The first kappa shape index (κ1) is 25.8. The number of aliphatic carboxylic acids is 1. The average Bonchev–Trinajstić information content (AvgIpc) is 2.86. The summed E-state index contributed by atoms with van der Waals surface area (Å²) in [6.45, 7) is 4.59. The van der Waals surface area contributed by atoms with E-state index in [1.165, 1.54) is 6.07 Å². The lowest BCUT2D eigenvalue weighted by Crippen LogP contribution is -2.57. The van der Waals surface area contributed by atoms with Gasteiger partial charge in [-0.05, 0) is 68.4 Å². The summed E-state index contributed by atoms with van der Waals surface area (Å²) in [6, 6.07) is 2.42. The van der Waals surface area contributed by atoms with E-state index in [9.17, 15) is 28.3 Å². The van der Waals surface area contributed by atoms with Gasteiger partial charge in [-0.2, -0.15) is 18.4 Å². The van der Waals surface area contributed by atoms with Gasteiger partial charge < -0.3 is 10.0 Å². The Morgan fingerprint density at radius 3 is 2.43 bits per heavy atom. The highest BCUT2D eigenvalue weighted by Crippen LogP contribution is 2.61. The Bertz CT molecular complexity index is 1060. The van der Waals surface area contributed by atoms with Crippen LogP contribution in [0.15, 0.2) is 23.3 Å². The molecule has 3 atom stereocenters. The normalized spacial score (nSPS) is 32.7. The first-order chi connectivity index (χ1) is 17.6. The van der Waals surface area contributed by atoms with Gasteiger partial charge in [0.2, 0.25) is 0 Å². The van der Waals surface area contributed by atoms with Crippen LogP contribution in [0.2, 0.25) is 0 Å². The Kier molecular flexibility index (Phi) is 6.81. The molecular weight excluding hydrogens is 485 g/mol. The molecule has 37 heavy (non-hydrogen) atoms. The van der Waals surface area contributed by atoms with Crippen LogP contribution < -0.4 is 10.2 Å². The van der Waals surface area contributed by atoms with Crippen molar-refractivity contribution in [3.63, 3.8) is 0 Å². The van der Waals surface area contributed by atoms with Crippen LogP contribution >= 0.6 is 0 Å². The second kappa shape index (κ2) is 9.78. The highest BCUT2D eigenvalue weighted by atomic mass is 19.4. The highest BCUT2D eigenvalue weighted by molar-refractivity contribution is 5.89. The summed E-state index contributed by atoms with van der Waals surface area (Å²) in [7, 11) is 0. The molecule has 3 unspecified atom stereocenters. The maximum absolute atomic E-state index is 12.9. The standard InChI is InChI=1S/C26H33F3N6O2/c1-2-20(34-5-7-35(8-6-34)21-4-3-19(14-31-21)26(27,28)29)23(32-15-30)33-22-17-9-16-10-18(22)13-25(11-16,12-17)24(36)37/h3-4,14,16-18,20,22H,2,5-13H2,1H3,(H,32,33)(H,36,37). The Labute approximate surface area is 214 Å². The monoisotopic (exact) mass is 518 g/mol. The molecule has 8 nitrogen and oxygen atoms in total. The van der Waals surface area contributed by atoms with Gasteiger partial charge in [0.15, 0.2) is 6.19 Å². The van der Waals surface area contributed by atoms with Gasteiger partial charge in [0.05, 0.1) is 23.1 Å². The van der Waals surface area contributed by atoms with Crippen LogP contribution in [0, 0.1) is 34.6 Å². The van der Waals surface area contributed by atoms with Gasteiger partial charge in [-0.25, -0.2) is 4.98 Å². The minimum absolute atomic E-state index is 0.0339. The van der Waals surface area contributed by atoms with Crippen LogP contribution in [0.4, 0.5) is 19.0 Å². The number of nitriles is 1. The number of nitrogens with zero attached hydrogens (tertiary/aromatic N) is 5. The van der Waals surface area contributed by atoms with Crippen LogP contribution in [0.1, 0.15) is 51.0 Å². The summed E-state index contributed by atoms with van der Waals surface area (Å²) >= 11 is 0. The Hall–Kier alpha value is -2.87. The summed E-state index contributed by atoms with van der Waals surface area (Å²) in [5.74, 6) is 1.42. The maximum Gasteiger partial charge on any atom is 0.417 e. The van der Waals surface area contributed by atoms with Crippen molar-refractivity contribution in [2.75, 3.05) is 31.1 Å². The molecule has 2 heterocycles. The van der Waals surface area contributed by atoms with Gasteiger partial charge in [0, 0.05) is 32.4 Å². The van der Waals surface area contributed by atoms with E-state index < -0.39 is 23.1 Å². The van der Waals surface area contributed by atoms with Gasteiger partial charge in [0.25, 0.3) is 0 Å². The average molecular weight is 519 g/mol. The number of nitrogens with one attached hydrogen (secondary N) is 1. The number of carboxylic acids is 1. The second-order valence-corrected chi connectivity index (χ2v) is 11.1. The van der Waals surface area contributed by atoms with E-state index in [1.54, 1.807) is 0 Å². The third-order valence-electron chi connectivity index (χ3n) is 9.01. The molecular formula is C26H33F3N6O2. The molecule has 1 aromatic heterocycles. The zero-order valence-electron chi connectivity index (χ0n) is 20.9. The molecule has 11 heteroatoms. The Balaban J connectivity index is 1.28. The number of rotatable bonds is 6. The van der Waals surface area contributed by atoms with Crippen LogP contribution in [0.25, 0.3) is 0 Å². The van der Waals surface area contributed by atoms with Crippen molar-refractivity contribution in [1.29, 1.82) is 5.26 Å². The van der Waals surface area contributed by atoms with E-state index in [4.69, 9.17) is 4.99 Å². The van der Waals surface area contributed by atoms with Crippen molar-refractivity contribution in [3.8, 4) is 6.19 Å². The first-order valence-electron chi connectivity index (χ1n) is 13.1. The molecule has 2 N–H and O–H groups in total. The van der Waals surface area contributed by atoms with Crippen molar-refractivity contribution in [1.82, 2.24) is 15.2 Å². The predicted octanol–water partition coefficient (Wildman–Crippen LogP) is 3.75. The van der Waals surface area contributed by atoms with Gasteiger partial charge >= 0.3 is 12.1 Å². The summed E-state index contributed by atoms with van der Waals surface area (Å²) < 4.78 is 38.6. The minimum Gasteiger partial charge on any atom is -0.481 e. The van der Waals surface area contributed by atoms with Crippen LogP contribution in [-0.4, -0.2) is 65.1 Å². The molecule has 0 amide bonds. The largest absolute Gasteiger partial charge is 0.481 e. The molecule has 4 saturated carbocycles. The molecule has 4 bridgehead atoms. The van der Waals surface area contributed by atoms with Crippen LogP contribution in [0.3, 0.4) is 0 Å². The molecule has 6 rings (SSSR count). The number of anilines is 1. The summed E-state index contributed by atoms with van der Waals surface area (Å²) in [5, 5.41) is 22.3. The molecule has 5 fully saturated rings. The Morgan fingerprint density at radius 2 is 1.92 bits per heavy atom. The predicted molar refractivity (Wildman–Crippen MR) is 131 cm³/mol. The number of hydrogen-bond acceptors (Lipinski definition) is 6. The Morgan fingerprint density at radius 1 is 1.24 bits per heavy atom. The number of piperazine rings is 1.